The van der Waals surface area contributed by atoms with Crippen LogP contribution < -0.4 is 4.74 Å². The fourth-order valence-corrected chi connectivity index (χ4v) is 9.33. The Balaban J connectivity index is 0.000000531. The van der Waals surface area contributed by atoms with Crippen molar-refractivity contribution in [3.05, 3.63) is 214 Å². The third-order valence-electron chi connectivity index (χ3n) is 13.1. The molecule has 6 aromatic carbocycles. The Morgan fingerprint density at radius 3 is 1.79 bits per heavy atom. The third-order valence-corrected chi connectivity index (χ3v) is 13.1. The summed E-state index contributed by atoms with van der Waals surface area (Å²) in [7, 11) is 0. The van der Waals surface area contributed by atoms with E-state index in [1.165, 1.54) is 117 Å². The van der Waals surface area contributed by atoms with Gasteiger partial charge in [0, 0.05) is 21.9 Å². The molecule has 9 rings (SSSR count). The first kappa shape index (κ1) is 44.9. The molecule has 0 aliphatic heterocycles. The van der Waals surface area contributed by atoms with Crippen LogP contribution in [-0.2, 0) is 5.41 Å². The maximum absolute atomic E-state index is 6.87. The molecular formula is C61H67NO. The minimum absolute atomic E-state index is 0.274. The molecule has 2 aliphatic carbocycles. The van der Waals surface area contributed by atoms with Crippen LogP contribution in [0, 0.1) is 20.8 Å². The van der Waals surface area contributed by atoms with Crippen LogP contribution in [0.2, 0.25) is 0 Å². The standard InChI is InChI=1S/C51H51NO.C7H8.C3H8/c1-8-33(3)44(9-2)51(6,7)45-30-42-43-32-49(53-48-24-14-13-17-34(48)4)41(36-20-15-21-36)31-47(43)52(46(42)29-35(45)5)40-27-25-39(26-28-40)50(38-22-16-23-38)37-18-11-10-12-19-37;1-7-5-3-2-4-6-7;1-3-2/h8-14,17-19,24-32,36H,1-2,15-16,20-23H2,3-7H3;2-6H,1H3;3H2,1-2H3/b44-33+;;. The lowest BCUT2D eigenvalue weighted by atomic mass is 9.73. The van der Waals surface area contributed by atoms with Gasteiger partial charge in [0.05, 0.1) is 11.0 Å². The molecule has 2 aliphatic rings. The molecule has 1 aromatic heterocycles. The topological polar surface area (TPSA) is 14.2 Å². The average molecular weight is 830 g/mol. The first-order valence-electron chi connectivity index (χ1n) is 23.2. The Morgan fingerprint density at radius 2 is 1.25 bits per heavy atom. The number of nitrogens with zero attached hydrogens (tertiary/aromatic N) is 1. The van der Waals surface area contributed by atoms with Crippen molar-refractivity contribution in [2.24, 2.45) is 0 Å². The van der Waals surface area contributed by atoms with Gasteiger partial charge in [-0.05, 0) is 158 Å². The maximum Gasteiger partial charge on any atom is 0.131 e. The van der Waals surface area contributed by atoms with Crippen molar-refractivity contribution in [3.63, 3.8) is 0 Å². The third kappa shape index (κ3) is 9.47. The SMILES string of the molecule is C=C/C(C)=C(\C=C)C(C)(C)c1cc2c3cc(Oc4ccccc4C)c(C4CCC4)cc3n(-c3ccc(C(=C4CCC4)c4ccccc4)cc3)c2cc1C.CCC.Cc1ccccc1. The van der Waals surface area contributed by atoms with Crippen LogP contribution in [-0.4, -0.2) is 4.57 Å². The van der Waals surface area contributed by atoms with Gasteiger partial charge in [-0.1, -0.05) is 168 Å². The van der Waals surface area contributed by atoms with Crippen molar-refractivity contribution in [2.75, 3.05) is 0 Å². The van der Waals surface area contributed by atoms with Gasteiger partial charge in [0.1, 0.15) is 11.5 Å². The van der Waals surface area contributed by atoms with Crippen LogP contribution >= 0.6 is 0 Å². The van der Waals surface area contributed by atoms with E-state index < -0.39 is 0 Å². The predicted octanol–water partition coefficient (Wildman–Crippen LogP) is 17.8. The molecule has 322 valence electrons. The average Bonchev–Trinajstić information content (AvgIpc) is 3.54. The smallest absolute Gasteiger partial charge is 0.131 e. The van der Waals surface area contributed by atoms with Gasteiger partial charge in [0.15, 0.2) is 0 Å². The molecule has 2 nitrogen and oxygen atoms in total. The van der Waals surface area contributed by atoms with E-state index in [4.69, 9.17) is 4.74 Å². The summed E-state index contributed by atoms with van der Waals surface area (Å²) < 4.78 is 9.36. The zero-order valence-corrected chi connectivity index (χ0v) is 39.2. The van der Waals surface area contributed by atoms with E-state index in [9.17, 15) is 0 Å². The summed E-state index contributed by atoms with van der Waals surface area (Å²) in [4.78, 5) is 0. The summed E-state index contributed by atoms with van der Waals surface area (Å²) in [6, 6.07) is 48.5. The second kappa shape index (κ2) is 19.9. The highest BCUT2D eigenvalue weighted by Crippen LogP contribution is 2.48. The lowest BCUT2D eigenvalue weighted by Gasteiger charge is -2.30. The number of hydrogen-bond acceptors (Lipinski definition) is 1. The minimum Gasteiger partial charge on any atom is -0.457 e. The van der Waals surface area contributed by atoms with E-state index >= 15 is 0 Å². The summed E-state index contributed by atoms with van der Waals surface area (Å²) in [5.74, 6) is 2.38. The lowest BCUT2D eigenvalue weighted by Crippen LogP contribution is -2.21. The number of allylic oxidation sites excluding steroid dienone is 5. The molecule has 7 aromatic rings. The Morgan fingerprint density at radius 1 is 0.667 bits per heavy atom. The Kier molecular flexibility index (Phi) is 14.2. The summed E-state index contributed by atoms with van der Waals surface area (Å²) in [6.45, 7) is 25.8. The van der Waals surface area contributed by atoms with Crippen LogP contribution in [0.1, 0.15) is 124 Å². The van der Waals surface area contributed by atoms with Gasteiger partial charge in [-0.15, -0.1) is 0 Å². The molecule has 0 atom stereocenters. The van der Waals surface area contributed by atoms with Crippen LogP contribution in [0.4, 0.5) is 0 Å². The van der Waals surface area contributed by atoms with Gasteiger partial charge < -0.3 is 9.30 Å². The largest absolute Gasteiger partial charge is 0.457 e. The van der Waals surface area contributed by atoms with Crippen molar-refractivity contribution < 1.29 is 4.74 Å². The summed E-state index contributed by atoms with van der Waals surface area (Å²) >= 11 is 0. The van der Waals surface area contributed by atoms with Gasteiger partial charge in [0.2, 0.25) is 0 Å². The number of benzene rings is 6. The van der Waals surface area contributed by atoms with Crippen molar-refractivity contribution in [2.45, 2.75) is 112 Å². The van der Waals surface area contributed by atoms with Crippen LogP contribution in [0.5, 0.6) is 11.5 Å². The van der Waals surface area contributed by atoms with E-state index in [0.717, 1.165) is 22.6 Å². The van der Waals surface area contributed by atoms with Crippen molar-refractivity contribution in [1.29, 1.82) is 0 Å². The fourth-order valence-electron chi connectivity index (χ4n) is 9.33. The Hall–Kier alpha value is -6.12. The first-order chi connectivity index (χ1) is 30.5. The van der Waals surface area contributed by atoms with E-state index in [1.54, 1.807) is 5.57 Å². The van der Waals surface area contributed by atoms with E-state index in [-0.39, 0.29) is 5.41 Å². The molecule has 0 N–H and O–H groups in total. The zero-order chi connectivity index (χ0) is 44.7. The highest BCUT2D eigenvalue weighted by molar-refractivity contribution is 6.10. The number of ether oxygens (including phenoxy) is 1. The molecule has 2 fully saturated rings. The Bertz CT molecular complexity index is 2760. The number of aryl methyl sites for hydroxylation is 3. The Labute approximate surface area is 378 Å². The van der Waals surface area contributed by atoms with Crippen molar-refractivity contribution in [3.8, 4) is 17.2 Å². The van der Waals surface area contributed by atoms with Crippen LogP contribution in [0.15, 0.2) is 175 Å². The second-order valence-corrected chi connectivity index (χ2v) is 18.2. The molecule has 2 saturated carbocycles. The normalized spacial score (nSPS) is 14.0. The summed E-state index contributed by atoms with van der Waals surface area (Å²) in [5, 5.41) is 2.44. The predicted molar refractivity (Wildman–Crippen MR) is 273 cm³/mol. The number of hydrogen-bond donors (Lipinski definition) is 0. The monoisotopic (exact) mass is 830 g/mol. The summed E-state index contributed by atoms with van der Waals surface area (Å²) in [5.41, 5.74) is 17.6. The molecule has 0 saturated heterocycles. The molecule has 0 radical (unpaired) electrons. The fraction of sp³-hybridized carbons (Fsp3) is 0.279. The second-order valence-electron chi connectivity index (χ2n) is 18.2. The van der Waals surface area contributed by atoms with Crippen molar-refractivity contribution >= 4 is 27.4 Å². The first-order valence-corrected chi connectivity index (χ1v) is 23.2. The molecule has 63 heavy (non-hydrogen) atoms. The van der Waals surface area contributed by atoms with Gasteiger partial charge in [-0.2, -0.15) is 0 Å². The van der Waals surface area contributed by atoms with Gasteiger partial charge in [-0.3, -0.25) is 0 Å². The minimum atomic E-state index is -0.274. The quantitative estimate of drug-likeness (QED) is 0.125. The number of fused-ring (bicyclic) bond motifs is 3. The molecule has 0 spiro atoms. The van der Waals surface area contributed by atoms with Crippen molar-refractivity contribution in [1.82, 2.24) is 4.57 Å². The number of aromatic nitrogens is 1. The molecular weight excluding hydrogens is 763 g/mol. The lowest BCUT2D eigenvalue weighted by molar-refractivity contribution is 0.397. The molecule has 2 heteroatoms. The highest BCUT2D eigenvalue weighted by atomic mass is 16.5. The van der Waals surface area contributed by atoms with Gasteiger partial charge in [-0.25, -0.2) is 0 Å². The number of para-hydroxylation sites is 1. The summed E-state index contributed by atoms with van der Waals surface area (Å²) in [6.07, 6.45) is 12.5. The highest BCUT2D eigenvalue weighted by Gasteiger charge is 2.30. The van der Waals surface area contributed by atoms with Crippen LogP contribution in [0.3, 0.4) is 0 Å². The molecule has 0 unspecified atom stereocenters. The van der Waals surface area contributed by atoms with E-state index in [2.05, 4.69) is 188 Å². The molecule has 1 heterocycles. The molecule has 0 amide bonds. The maximum atomic E-state index is 6.87. The molecule has 0 bridgehead atoms. The van der Waals surface area contributed by atoms with Gasteiger partial charge >= 0.3 is 0 Å². The van der Waals surface area contributed by atoms with E-state index in [1.807, 2.05) is 30.4 Å². The number of rotatable bonds is 10. The van der Waals surface area contributed by atoms with E-state index in [0.29, 0.717) is 5.92 Å². The zero-order valence-electron chi connectivity index (χ0n) is 39.2. The van der Waals surface area contributed by atoms with Gasteiger partial charge in [0.25, 0.3) is 0 Å². The van der Waals surface area contributed by atoms with Crippen LogP contribution in [0.25, 0.3) is 33.1 Å².